The molecule has 0 N–H and O–H groups in total. The quantitative estimate of drug-likeness (QED) is 0.221. The van der Waals surface area contributed by atoms with E-state index in [1.165, 1.54) is 12.8 Å². The molecule has 1 saturated carbocycles. The van der Waals surface area contributed by atoms with Gasteiger partial charge in [0.1, 0.15) is 0 Å². The molecule has 0 heterocycles. The highest BCUT2D eigenvalue weighted by Gasteiger charge is 2.18. The maximum atomic E-state index is 3.25. The minimum Gasteiger partial charge on any atom is -0.260 e. The van der Waals surface area contributed by atoms with E-state index in [0.717, 1.165) is 5.84 Å². The Morgan fingerprint density at radius 3 is 2.25 bits per heavy atom. The van der Waals surface area contributed by atoms with Gasteiger partial charge < -0.3 is 0 Å². The zero-order valence-electron chi connectivity index (χ0n) is 8.39. The lowest BCUT2D eigenvalue weighted by molar-refractivity contribution is -0.468. The number of amidine groups is 1. The van der Waals surface area contributed by atoms with Crippen molar-refractivity contribution in [2.24, 2.45) is 5.92 Å². The van der Waals surface area contributed by atoms with Gasteiger partial charge in [0.25, 0.3) is 0 Å². The van der Waals surface area contributed by atoms with Crippen molar-refractivity contribution >= 4 is 5.84 Å². The highest BCUT2D eigenvalue weighted by Crippen LogP contribution is 2.27. The Hall–Kier alpha value is -0.970. The van der Waals surface area contributed by atoms with Crippen molar-refractivity contribution in [1.29, 1.82) is 0 Å². The molecule has 12 heavy (non-hydrogen) atoms. The molecule has 0 spiro atoms. The van der Waals surface area contributed by atoms with E-state index < -0.39 is 0 Å². The molecule has 2 nitrogen and oxygen atoms in total. The van der Waals surface area contributed by atoms with E-state index in [1.54, 1.807) is 0 Å². The van der Waals surface area contributed by atoms with Gasteiger partial charge in [0.15, 0.2) is 0 Å². The lowest BCUT2D eigenvalue weighted by Crippen LogP contribution is -2.28. The molecule has 0 amide bonds. The molecule has 0 unspecified atom stereocenters. The summed E-state index contributed by atoms with van der Waals surface area (Å²) in [6.07, 6.45) is 2.59. The van der Waals surface area contributed by atoms with Crippen LogP contribution in [-0.2, 0) is 0 Å². The first-order valence-corrected chi connectivity index (χ1v) is 4.34. The number of hydrogen-bond donors (Lipinski definition) is 0. The van der Waals surface area contributed by atoms with E-state index in [9.17, 15) is 0 Å². The third kappa shape index (κ3) is 2.58. The summed E-state index contributed by atoms with van der Waals surface area (Å²) in [7, 11) is 8.10. The van der Waals surface area contributed by atoms with Gasteiger partial charge in [-0.2, -0.15) is 0 Å². The summed E-state index contributed by atoms with van der Waals surface area (Å²) in [4.78, 5) is 2.05. The van der Waals surface area contributed by atoms with Crippen LogP contribution in [0.3, 0.4) is 0 Å². The zero-order valence-corrected chi connectivity index (χ0v) is 8.39. The van der Waals surface area contributed by atoms with Crippen LogP contribution in [0.1, 0.15) is 12.8 Å². The van der Waals surface area contributed by atoms with E-state index in [0.29, 0.717) is 5.92 Å². The second-order valence-electron chi connectivity index (χ2n) is 3.66. The molecule has 0 aromatic rings. The highest BCUT2D eigenvalue weighted by atomic mass is 15.2. The smallest absolute Gasteiger partial charge is 0.260 e. The van der Waals surface area contributed by atoms with Crippen molar-refractivity contribution in [3.63, 3.8) is 0 Å². The Morgan fingerprint density at radius 1 is 1.33 bits per heavy atom. The third-order valence-corrected chi connectivity index (χ3v) is 1.81. The molecule has 0 atom stereocenters. The van der Waals surface area contributed by atoms with E-state index in [4.69, 9.17) is 0 Å². The number of hydrogen-bond acceptors (Lipinski definition) is 0. The molecule has 1 aliphatic carbocycles. The predicted molar refractivity (Wildman–Crippen MR) is 51.3 cm³/mol. The average Bonchev–Trinajstić information content (AvgIpc) is 2.69. The molecule has 2 heteroatoms. The number of nitrogens with zero attached hydrogens (tertiary/aromatic N) is 2. The summed E-state index contributed by atoms with van der Waals surface area (Å²) in [5, 5.41) is 0. The minimum absolute atomic E-state index is 0.680. The fraction of sp³-hybridized carbons (Fsp3) is 0.700. The van der Waals surface area contributed by atoms with Crippen molar-refractivity contribution in [2.75, 3.05) is 28.2 Å². The Bertz CT molecular complexity index is 245. The van der Waals surface area contributed by atoms with Gasteiger partial charge in [0.05, 0.1) is 28.2 Å². The van der Waals surface area contributed by atoms with E-state index in [2.05, 4.69) is 21.3 Å². The lowest BCUT2D eigenvalue weighted by atomic mass is 10.4. The average molecular weight is 165 g/mol. The molecule has 0 aromatic carbocycles. The molecule has 1 rings (SSSR count). The van der Waals surface area contributed by atoms with Gasteiger partial charge in [-0.05, 0) is 12.8 Å². The van der Waals surface area contributed by atoms with Gasteiger partial charge in [-0.1, -0.05) is 5.92 Å². The Kier molecular flexibility index (Phi) is 2.75. The van der Waals surface area contributed by atoms with Crippen molar-refractivity contribution in [2.45, 2.75) is 12.8 Å². The SMILES string of the molecule is CN(C)C(C#CC1CC1)=[N+](C)C. The van der Waals surface area contributed by atoms with Crippen molar-refractivity contribution in [3.8, 4) is 11.8 Å². The summed E-state index contributed by atoms with van der Waals surface area (Å²) < 4.78 is 2.05. The Labute approximate surface area is 74.9 Å². The van der Waals surface area contributed by atoms with Crippen LogP contribution in [-0.4, -0.2) is 43.5 Å². The molecule has 0 bridgehead atoms. The number of rotatable bonds is 0. The molecule has 66 valence electrons. The molecule has 0 aromatic heterocycles. The molecule has 1 fully saturated rings. The summed E-state index contributed by atoms with van der Waals surface area (Å²) in [6.45, 7) is 0. The molecule has 0 radical (unpaired) electrons. The van der Waals surface area contributed by atoms with Crippen LogP contribution in [0.15, 0.2) is 0 Å². The fourth-order valence-electron chi connectivity index (χ4n) is 1.02. The standard InChI is InChI=1S/C10H17N2/c1-11(2)10(12(3)4)8-7-9-5-6-9/h9H,5-6H2,1-4H3/q+1. The Morgan fingerprint density at radius 2 is 1.92 bits per heavy atom. The predicted octanol–water partition coefficient (Wildman–Crippen LogP) is 0.632. The Balaban J connectivity index is 2.68. The van der Waals surface area contributed by atoms with E-state index in [-0.39, 0.29) is 0 Å². The summed E-state index contributed by atoms with van der Waals surface area (Å²) in [5.74, 6) is 8.21. The first-order valence-electron chi connectivity index (χ1n) is 4.34. The lowest BCUT2D eigenvalue weighted by Gasteiger charge is -2.04. The van der Waals surface area contributed by atoms with Crippen molar-refractivity contribution in [1.82, 2.24) is 4.90 Å². The van der Waals surface area contributed by atoms with Gasteiger partial charge >= 0.3 is 5.84 Å². The van der Waals surface area contributed by atoms with E-state index >= 15 is 0 Å². The molecular formula is C10H17N2+. The third-order valence-electron chi connectivity index (χ3n) is 1.81. The van der Waals surface area contributed by atoms with Crippen LogP contribution in [0.25, 0.3) is 0 Å². The molecule has 1 aliphatic rings. The molecule has 0 saturated heterocycles. The van der Waals surface area contributed by atoms with Gasteiger partial charge in [-0.25, -0.2) is 0 Å². The minimum atomic E-state index is 0.680. The summed E-state index contributed by atoms with van der Waals surface area (Å²) in [6, 6.07) is 0. The largest absolute Gasteiger partial charge is 0.324 e. The van der Waals surface area contributed by atoms with Gasteiger partial charge in [0.2, 0.25) is 0 Å². The second-order valence-corrected chi connectivity index (χ2v) is 3.66. The topological polar surface area (TPSA) is 6.25 Å². The molecule has 0 aliphatic heterocycles. The zero-order chi connectivity index (χ0) is 9.14. The van der Waals surface area contributed by atoms with Gasteiger partial charge in [-0.3, -0.25) is 9.48 Å². The van der Waals surface area contributed by atoms with Crippen LogP contribution in [0.5, 0.6) is 0 Å². The van der Waals surface area contributed by atoms with Crippen molar-refractivity contribution < 1.29 is 4.58 Å². The van der Waals surface area contributed by atoms with E-state index in [1.807, 2.05) is 28.2 Å². The maximum absolute atomic E-state index is 3.25. The fourth-order valence-corrected chi connectivity index (χ4v) is 1.02. The highest BCUT2D eigenvalue weighted by molar-refractivity contribution is 5.94. The molecular weight excluding hydrogens is 148 g/mol. The summed E-state index contributed by atoms with van der Waals surface area (Å²) in [5.41, 5.74) is 0. The van der Waals surface area contributed by atoms with Gasteiger partial charge in [0, 0.05) is 11.8 Å². The van der Waals surface area contributed by atoms with Crippen LogP contribution in [0.2, 0.25) is 0 Å². The van der Waals surface area contributed by atoms with Crippen LogP contribution >= 0.6 is 0 Å². The summed E-state index contributed by atoms with van der Waals surface area (Å²) >= 11 is 0. The normalized spacial score (nSPS) is 14.7. The van der Waals surface area contributed by atoms with Gasteiger partial charge in [-0.15, -0.1) is 0 Å². The second kappa shape index (κ2) is 3.62. The van der Waals surface area contributed by atoms with Crippen LogP contribution in [0.4, 0.5) is 0 Å². The first-order chi connectivity index (χ1) is 5.61. The maximum Gasteiger partial charge on any atom is 0.324 e. The van der Waals surface area contributed by atoms with Crippen LogP contribution < -0.4 is 0 Å². The monoisotopic (exact) mass is 165 g/mol. The van der Waals surface area contributed by atoms with Crippen molar-refractivity contribution in [3.05, 3.63) is 0 Å². The van der Waals surface area contributed by atoms with Crippen LogP contribution in [0, 0.1) is 17.8 Å². The first kappa shape index (κ1) is 9.12.